The van der Waals surface area contributed by atoms with Crippen molar-refractivity contribution in [2.75, 3.05) is 19.6 Å². The van der Waals surface area contributed by atoms with Crippen LogP contribution in [-0.4, -0.2) is 56.1 Å². The van der Waals surface area contributed by atoms with Crippen LogP contribution >= 0.6 is 0 Å². The molecule has 1 aliphatic rings. The quantitative estimate of drug-likeness (QED) is 0.705. The van der Waals surface area contributed by atoms with Gasteiger partial charge in [0.15, 0.2) is 5.69 Å². The van der Waals surface area contributed by atoms with Gasteiger partial charge in [-0.05, 0) is 32.0 Å². The maximum Gasteiger partial charge on any atom is 0.433 e. The molecule has 2 aromatic heterocycles. The maximum atomic E-state index is 13.7. The molecule has 3 heterocycles. The number of piperidine rings is 1. The number of hydrogen-bond donors (Lipinski definition) is 1. The monoisotopic (exact) mass is 418 g/mol. The first kappa shape index (κ1) is 20.3. The first-order valence-electron chi connectivity index (χ1n) is 9.79. The highest BCUT2D eigenvalue weighted by molar-refractivity contribution is 5.91. The number of aromatic nitrogens is 4. The molecular weight excluding hydrogens is 397 g/mol. The van der Waals surface area contributed by atoms with Gasteiger partial charge in [-0.25, -0.2) is 4.98 Å². The summed E-state index contributed by atoms with van der Waals surface area (Å²) < 4.78 is 41.6. The summed E-state index contributed by atoms with van der Waals surface area (Å²) in [5.74, 6) is -1.20. The van der Waals surface area contributed by atoms with Crippen LogP contribution in [0.4, 0.5) is 13.2 Å². The Bertz CT molecular complexity index is 1050. The van der Waals surface area contributed by atoms with Gasteiger partial charge in [-0.2, -0.15) is 22.7 Å². The van der Waals surface area contributed by atoms with E-state index in [1.54, 1.807) is 30.3 Å². The number of nitrogens with one attached hydrogen (secondary N) is 1. The second-order valence-corrected chi connectivity index (χ2v) is 7.24. The van der Waals surface area contributed by atoms with Crippen molar-refractivity contribution in [3.05, 3.63) is 47.9 Å². The Kier molecular flexibility index (Phi) is 5.42. The average Bonchev–Trinajstić information content (AvgIpc) is 3.17. The van der Waals surface area contributed by atoms with Gasteiger partial charge in [-0.15, -0.1) is 5.10 Å². The van der Waals surface area contributed by atoms with Crippen molar-refractivity contribution in [3.8, 4) is 11.3 Å². The molecular formula is C20H21F3N6O. The van der Waals surface area contributed by atoms with E-state index in [1.165, 1.54) is 0 Å². The highest BCUT2D eigenvalue weighted by Gasteiger charge is 2.36. The van der Waals surface area contributed by atoms with Crippen molar-refractivity contribution in [1.82, 2.24) is 29.8 Å². The summed E-state index contributed by atoms with van der Waals surface area (Å²) in [6.45, 7) is 4.58. The third kappa shape index (κ3) is 4.13. The molecule has 3 aromatic rings. The molecule has 1 atom stereocenters. The predicted molar refractivity (Wildman–Crippen MR) is 104 cm³/mol. The van der Waals surface area contributed by atoms with E-state index in [9.17, 15) is 18.0 Å². The lowest BCUT2D eigenvalue weighted by atomic mass is 10.1. The van der Waals surface area contributed by atoms with Crippen LogP contribution in [0.3, 0.4) is 0 Å². The summed E-state index contributed by atoms with van der Waals surface area (Å²) in [5.41, 5.74) is -0.408. The largest absolute Gasteiger partial charge is 0.433 e. The fourth-order valence-corrected chi connectivity index (χ4v) is 3.63. The molecule has 7 nitrogen and oxygen atoms in total. The van der Waals surface area contributed by atoms with Crippen molar-refractivity contribution >= 4 is 11.7 Å². The smallest absolute Gasteiger partial charge is 0.345 e. The summed E-state index contributed by atoms with van der Waals surface area (Å²) in [6, 6.07) is 9.32. The number of nitrogens with zero attached hydrogens (tertiary/aromatic N) is 5. The summed E-state index contributed by atoms with van der Waals surface area (Å²) in [7, 11) is 0. The lowest BCUT2D eigenvalue weighted by molar-refractivity contribution is -0.142. The van der Waals surface area contributed by atoms with Gasteiger partial charge in [-0.1, -0.05) is 37.3 Å². The molecule has 1 aliphatic heterocycles. The van der Waals surface area contributed by atoms with Gasteiger partial charge in [0.25, 0.3) is 11.7 Å². The number of alkyl halides is 3. The van der Waals surface area contributed by atoms with Crippen LogP contribution in [0.5, 0.6) is 0 Å². The van der Waals surface area contributed by atoms with Gasteiger partial charge in [0.05, 0.1) is 5.69 Å². The Hall–Kier alpha value is -3.01. The summed E-state index contributed by atoms with van der Waals surface area (Å²) in [6.07, 6.45) is -2.94. The highest BCUT2D eigenvalue weighted by atomic mass is 19.4. The number of amides is 1. The van der Waals surface area contributed by atoms with E-state index in [0.29, 0.717) is 16.6 Å². The molecule has 0 aliphatic carbocycles. The second kappa shape index (κ2) is 8.02. The minimum Gasteiger partial charge on any atom is -0.345 e. The molecule has 1 N–H and O–H groups in total. The summed E-state index contributed by atoms with van der Waals surface area (Å²) in [4.78, 5) is 23.0. The van der Waals surface area contributed by atoms with Crippen molar-refractivity contribution in [2.45, 2.75) is 32.0 Å². The van der Waals surface area contributed by atoms with E-state index in [1.807, 2.05) is 6.92 Å². The van der Waals surface area contributed by atoms with E-state index in [0.717, 1.165) is 32.0 Å². The number of halogens is 3. The zero-order chi connectivity index (χ0) is 21.3. The highest BCUT2D eigenvalue weighted by Crippen LogP contribution is 2.31. The maximum absolute atomic E-state index is 13.7. The van der Waals surface area contributed by atoms with E-state index < -0.39 is 17.8 Å². The third-order valence-corrected chi connectivity index (χ3v) is 5.16. The van der Waals surface area contributed by atoms with Gasteiger partial charge in [-0.3, -0.25) is 4.79 Å². The number of fused-ring (bicyclic) bond motifs is 1. The Morgan fingerprint density at radius 1 is 1.23 bits per heavy atom. The molecule has 10 heteroatoms. The normalized spacial score (nSPS) is 17.9. The molecule has 0 saturated carbocycles. The van der Waals surface area contributed by atoms with Crippen LogP contribution in [0.2, 0.25) is 0 Å². The topological polar surface area (TPSA) is 75.4 Å². The molecule has 4 rings (SSSR count). The molecule has 30 heavy (non-hydrogen) atoms. The van der Waals surface area contributed by atoms with Crippen LogP contribution < -0.4 is 5.32 Å². The van der Waals surface area contributed by atoms with Gasteiger partial charge < -0.3 is 10.2 Å². The summed E-state index contributed by atoms with van der Waals surface area (Å²) in [5, 5.41) is 6.65. The molecule has 0 spiro atoms. The Morgan fingerprint density at radius 3 is 2.70 bits per heavy atom. The fraction of sp³-hybridized carbons (Fsp3) is 0.400. The average molecular weight is 418 g/mol. The van der Waals surface area contributed by atoms with Crippen molar-refractivity contribution < 1.29 is 18.0 Å². The van der Waals surface area contributed by atoms with E-state index in [4.69, 9.17) is 0 Å². The van der Waals surface area contributed by atoms with E-state index >= 15 is 0 Å². The Morgan fingerprint density at radius 2 is 2.00 bits per heavy atom. The van der Waals surface area contributed by atoms with Gasteiger partial charge in [0, 0.05) is 18.2 Å². The minimum absolute atomic E-state index is 0.0901. The minimum atomic E-state index is -4.68. The van der Waals surface area contributed by atoms with Crippen LogP contribution in [0.1, 0.15) is 36.1 Å². The number of rotatable bonds is 4. The Balaban J connectivity index is 1.68. The van der Waals surface area contributed by atoms with E-state index in [-0.39, 0.29) is 23.3 Å². The molecule has 158 valence electrons. The van der Waals surface area contributed by atoms with Crippen molar-refractivity contribution in [2.24, 2.45) is 0 Å². The standard InChI is InChI=1S/C20H21F3N6O/c1-2-28-10-6-9-14(12-28)24-18(30)17-26-19-25-15(13-7-4-3-5-8-13)11-16(20(21,22)23)29(19)27-17/h3-5,7-8,11,14H,2,6,9-10,12H2,1H3,(H,24,30)/t14-/m1/s1. The lowest BCUT2D eigenvalue weighted by Crippen LogP contribution is -2.47. The lowest BCUT2D eigenvalue weighted by Gasteiger charge is -2.31. The number of hydrogen-bond acceptors (Lipinski definition) is 5. The number of likely N-dealkylation sites (tertiary alicyclic amines) is 1. The summed E-state index contributed by atoms with van der Waals surface area (Å²) >= 11 is 0. The first-order valence-corrected chi connectivity index (χ1v) is 9.79. The van der Waals surface area contributed by atoms with Crippen LogP contribution in [0, 0.1) is 0 Å². The predicted octanol–water partition coefficient (Wildman–Crippen LogP) is 3.02. The molecule has 0 radical (unpaired) electrons. The third-order valence-electron chi connectivity index (χ3n) is 5.16. The zero-order valence-electron chi connectivity index (χ0n) is 16.4. The molecule has 1 fully saturated rings. The van der Waals surface area contributed by atoms with Gasteiger partial charge in [0.1, 0.15) is 0 Å². The van der Waals surface area contributed by atoms with Gasteiger partial charge >= 0.3 is 6.18 Å². The number of carbonyl (C=O) groups is 1. The Labute approximate surface area is 170 Å². The fourth-order valence-electron chi connectivity index (χ4n) is 3.63. The number of carbonyl (C=O) groups excluding carboxylic acids is 1. The van der Waals surface area contributed by atoms with Crippen LogP contribution in [0.25, 0.3) is 17.0 Å². The van der Waals surface area contributed by atoms with Crippen LogP contribution in [-0.2, 0) is 6.18 Å². The van der Waals surface area contributed by atoms with Crippen LogP contribution in [0.15, 0.2) is 36.4 Å². The number of benzene rings is 1. The zero-order valence-corrected chi connectivity index (χ0v) is 16.4. The second-order valence-electron chi connectivity index (χ2n) is 7.24. The van der Waals surface area contributed by atoms with E-state index in [2.05, 4.69) is 25.3 Å². The molecule has 0 bridgehead atoms. The number of likely N-dealkylation sites (N-methyl/N-ethyl adjacent to an activating group) is 1. The first-order chi connectivity index (χ1) is 14.3. The van der Waals surface area contributed by atoms with Crippen molar-refractivity contribution in [3.63, 3.8) is 0 Å². The molecule has 1 amide bonds. The van der Waals surface area contributed by atoms with Crippen molar-refractivity contribution in [1.29, 1.82) is 0 Å². The van der Waals surface area contributed by atoms with Gasteiger partial charge in [0.2, 0.25) is 5.82 Å². The molecule has 1 saturated heterocycles. The molecule has 1 aromatic carbocycles. The SMILES string of the molecule is CCN1CCC[C@@H](NC(=O)c2nc3nc(-c4ccccc4)cc(C(F)(F)F)n3n2)C1. The molecule has 0 unspecified atom stereocenters.